The molecule has 0 aliphatic carbocycles. The highest BCUT2D eigenvalue weighted by molar-refractivity contribution is 5.94. The van der Waals surface area contributed by atoms with Crippen LogP contribution >= 0.6 is 0 Å². The first kappa shape index (κ1) is 19.2. The van der Waals surface area contributed by atoms with E-state index in [-0.39, 0.29) is 11.7 Å². The van der Waals surface area contributed by atoms with Gasteiger partial charge in [0.1, 0.15) is 5.56 Å². The Balaban J connectivity index is 2.74. The molecule has 26 heavy (non-hydrogen) atoms. The van der Waals surface area contributed by atoms with Gasteiger partial charge in [0.05, 0.1) is 23.8 Å². The van der Waals surface area contributed by atoms with Crippen molar-refractivity contribution < 1.29 is 28.0 Å². The summed E-state index contributed by atoms with van der Waals surface area (Å²) in [5.41, 5.74) is -1.16. The van der Waals surface area contributed by atoms with Crippen LogP contribution in [0, 0.1) is 28.7 Å². The third kappa shape index (κ3) is 3.46. The molecule has 0 fully saturated rings. The standard InChI is InChI=1S/C17H16F2N2O5/c1-8(2)14-15(9(3)5-6-20-14)26-16-10(18)7-11(21(23)24)13(19)12(16)17(22)25-4/h5-8H,1-4H3. The minimum absolute atomic E-state index is 0.113. The Labute approximate surface area is 147 Å². The van der Waals surface area contributed by atoms with Crippen molar-refractivity contribution in [1.82, 2.24) is 4.98 Å². The highest BCUT2D eigenvalue weighted by Crippen LogP contribution is 2.38. The number of halogens is 2. The number of benzene rings is 1. The Morgan fingerprint density at radius 1 is 1.31 bits per heavy atom. The molecular weight excluding hydrogens is 350 g/mol. The predicted molar refractivity (Wildman–Crippen MR) is 87.5 cm³/mol. The number of pyridine rings is 1. The van der Waals surface area contributed by atoms with Crippen molar-refractivity contribution in [1.29, 1.82) is 0 Å². The molecule has 0 aliphatic rings. The zero-order valence-corrected chi connectivity index (χ0v) is 14.5. The van der Waals surface area contributed by atoms with Crippen molar-refractivity contribution in [3.63, 3.8) is 0 Å². The van der Waals surface area contributed by atoms with Crippen LogP contribution in [0.3, 0.4) is 0 Å². The normalized spacial score (nSPS) is 10.7. The number of nitrogens with zero attached hydrogens (tertiary/aromatic N) is 2. The highest BCUT2D eigenvalue weighted by Gasteiger charge is 2.32. The Hall–Kier alpha value is -3.10. The maximum absolute atomic E-state index is 14.5. The van der Waals surface area contributed by atoms with Gasteiger partial charge in [0.15, 0.2) is 17.3 Å². The summed E-state index contributed by atoms with van der Waals surface area (Å²) in [4.78, 5) is 25.9. The van der Waals surface area contributed by atoms with Gasteiger partial charge in [-0.15, -0.1) is 0 Å². The fraction of sp³-hybridized carbons (Fsp3) is 0.294. The molecule has 0 aliphatic heterocycles. The van der Waals surface area contributed by atoms with Crippen molar-refractivity contribution in [2.45, 2.75) is 26.7 Å². The van der Waals surface area contributed by atoms with Crippen LogP contribution in [0.4, 0.5) is 14.5 Å². The molecule has 0 spiro atoms. The molecule has 2 rings (SSSR count). The molecule has 1 heterocycles. The first-order chi connectivity index (χ1) is 12.2. The second-order valence-corrected chi connectivity index (χ2v) is 5.74. The van der Waals surface area contributed by atoms with Crippen molar-refractivity contribution >= 4 is 11.7 Å². The van der Waals surface area contributed by atoms with Crippen molar-refractivity contribution in [2.24, 2.45) is 0 Å². The van der Waals surface area contributed by atoms with Crippen LogP contribution in [0.1, 0.15) is 41.4 Å². The van der Waals surface area contributed by atoms with E-state index in [0.717, 1.165) is 7.11 Å². The largest absolute Gasteiger partial charge is 0.465 e. The molecule has 1 aromatic heterocycles. The lowest BCUT2D eigenvalue weighted by atomic mass is 10.1. The number of aromatic nitrogens is 1. The van der Waals surface area contributed by atoms with Crippen molar-refractivity contribution in [2.75, 3.05) is 7.11 Å². The molecule has 7 nitrogen and oxygen atoms in total. The van der Waals surface area contributed by atoms with E-state index in [1.54, 1.807) is 13.0 Å². The van der Waals surface area contributed by atoms with Crippen LogP contribution < -0.4 is 4.74 Å². The smallest absolute Gasteiger partial charge is 0.345 e. The average Bonchev–Trinajstić information content (AvgIpc) is 2.58. The number of hydrogen-bond donors (Lipinski definition) is 0. The van der Waals surface area contributed by atoms with E-state index < -0.39 is 39.5 Å². The second-order valence-electron chi connectivity index (χ2n) is 5.74. The first-order valence-electron chi connectivity index (χ1n) is 7.57. The van der Waals surface area contributed by atoms with E-state index in [1.165, 1.54) is 6.20 Å². The van der Waals surface area contributed by atoms with Gasteiger partial charge in [-0.3, -0.25) is 15.1 Å². The lowest BCUT2D eigenvalue weighted by molar-refractivity contribution is -0.387. The number of ether oxygens (including phenoxy) is 2. The van der Waals surface area contributed by atoms with Crippen LogP contribution in [0.15, 0.2) is 18.3 Å². The van der Waals surface area contributed by atoms with Crippen molar-refractivity contribution in [3.05, 3.63) is 56.9 Å². The van der Waals surface area contributed by atoms with Gasteiger partial charge in [-0.25, -0.2) is 9.18 Å². The highest BCUT2D eigenvalue weighted by atomic mass is 19.1. The number of nitro benzene ring substituents is 1. The topological polar surface area (TPSA) is 91.6 Å². The average molecular weight is 366 g/mol. The first-order valence-corrected chi connectivity index (χ1v) is 7.57. The maximum atomic E-state index is 14.5. The molecule has 0 radical (unpaired) electrons. The molecule has 1 aromatic carbocycles. The van der Waals surface area contributed by atoms with Crippen LogP contribution in [0.25, 0.3) is 0 Å². The molecule has 138 valence electrons. The maximum Gasteiger partial charge on any atom is 0.345 e. The van der Waals surface area contributed by atoms with Crippen molar-refractivity contribution in [3.8, 4) is 11.5 Å². The Morgan fingerprint density at radius 3 is 2.50 bits per heavy atom. The number of methoxy groups -OCH3 is 1. The lowest BCUT2D eigenvalue weighted by Crippen LogP contribution is -2.12. The van der Waals surface area contributed by atoms with E-state index in [2.05, 4.69) is 9.72 Å². The van der Waals surface area contributed by atoms with Crippen LogP contribution in [0.2, 0.25) is 0 Å². The van der Waals surface area contributed by atoms with E-state index in [9.17, 15) is 23.7 Å². The van der Waals surface area contributed by atoms with Crippen LogP contribution in [-0.4, -0.2) is 23.0 Å². The van der Waals surface area contributed by atoms with E-state index in [1.807, 2.05) is 13.8 Å². The summed E-state index contributed by atoms with van der Waals surface area (Å²) in [6.07, 6.45) is 1.53. The summed E-state index contributed by atoms with van der Waals surface area (Å²) < 4.78 is 38.9. The monoisotopic (exact) mass is 366 g/mol. The number of hydrogen-bond acceptors (Lipinski definition) is 6. The zero-order valence-electron chi connectivity index (χ0n) is 14.5. The Bertz CT molecular complexity index is 884. The SMILES string of the molecule is COC(=O)c1c(F)c([N+](=O)[O-])cc(F)c1Oc1c(C)ccnc1C(C)C. The zero-order chi connectivity index (χ0) is 19.6. The van der Waals surface area contributed by atoms with Crippen LogP contribution in [0.5, 0.6) is 11.5 Å². The van der Waals surface area contributed by atoms with Gasteiger partial charge in [-0.2, -0.15) is 4.39 Å². The summed E-state index contributed by atoms with van der Waals surface area (Å²) in [7, 11) is 0.942. The van der Waals surface area contributed by atoms with E-state index in [0.29, 0.717) is 17.3 Å². The summed E-state index contributed by atoms with van der Waals surface area (Å²) in [5.74, 6) is -4.87. The number of aryl methyl sites for hydroxylation is 1. The van der Waals surface area contributed by atoms with Gasteiger partial charge in [-0.05, 0) is 24.5 Å². The third-order valence-corrected chi connectivity index (χ3v) is 3.62. The van der Waals surface area contributed by atoms with Gasteiger partial charge in [0.2, 0.25) is 5.82 Å². The van der Waals surface area contributed by atoms with Gasteiger partial charge >= 0.3 is 11.7 Å². The number of esters is 1. The molecule has 0 amide bonds. The Kier molecular flexibility index (Phi) is 5.49. The molecular formula is C17H16F2N2O5. The molecule has 0 N–H and O–H groups in total. The van der Waals surface area contributed by atoms with Gasteiger partial charge < -0.3 is 9.47 Å². The summed E-state index contributed by atoms with van der Waals surface area (Å²) in [5, 5.41) is 10.9. The van der Waals surface area contributed by atoms with Gasteiger partial charge in [0.25, 0.3) is 0 Å². The third-order valence-electron chi connectivity index (χ3n) is 3.62. The lowest BCUT2D eigenvalue weighted by Gasteiger charge is -2.17. The number of carbonyl (C=O) groups is 1. The molecule has 0 atom stereocenters. The Morgan fingerprint density at radius 2 is 1.96 bits per heavy atom. The van der Waals surface area contributed by atoms with E-state index >= 15 is 0 Å². The predicted octanol–water partition coefficient (Wildman–Crippen LogP) is 4.28. The second kappa shape index (κ2) is 7.42. The quantitative estimate of drug-likeness (QED) is 0.446. The molecule has 9 heteroatoms. The summed E-state index contributed by atoms with van der Waals surface area (Å²) in [6, 6.07) is 1.95. The number of carbonyl (C=O) groups excluding carboxylic acids is 1. The molecule has 0 bridgehead atoms. The van der Waals surface area contributed by atoms with Crippen LogP contribution in [-0.2, 0) is 4.74 Å². The molecule has 0 saturated heterocycles. The molecule has 0 unspecified atom stereocenters. The minimum atomic E-state index is -1.54. The number of nitro groups is 1. The fourth-order valence-electron chi connectivity index (χ4n) is 2.32. The fourth-order valence-corrected chi connectivity index (χ4v) is 2.32. The molecule has 2 aromatic rings. The summed E-state index contributed by atoms with van der Waals surface area (Å²) >= 11 is 0. The minimum Gasteiger partial charge on any atom is -0.465 e. The van der Waals surface area contributed by atoms with Gasteiger partial charge in [-0.1, -0.05) is 13.8 Å². The summed E-state index contributed by atoms with van der Waals surface area (Å²) in [6.45, 7) is 5.31. The van der Waals surface area contributed by atoms with E-state index in [4.69, 9.17) is 4.74 Å². The molecule has 0 saturated carbocycles. The number of rotatable bonds is 5. The van der Waals surface area contributed by atoms with Gasteiger partial charge in [0, 0.05) is 6.20 Å².